The Balaban J connectivity index is 1.53. The zero-order chi connectivity index (χ0) is 20.2. The van der Waals surface area contributed by atoms with E-state index in [4.69, 9.17) is 4.74 Å². The lowest BCUT2D eigenvalue weighted by atomic mass is 10.1. The number of aryl methyl sites for hydroxylation is 1. The van der Waals surface area contributed by atoms with E-state index in [1.807, 2.05) is 62.4 Å². The van der Waals surface area contributed by atoms with Gasteiger partial charge in [0.05, 0.1) is 12.3 Å². The predicted molar refractivity (Wildman–Crippen MR) is 110 cm³/mol. The van der Waals surface area contributed by atoms with Gasteiger partial charge in [0.2, 0.25) is 0 Å². The third-order valence-corrected chi connectivity index (χ3v) is 4.61. The molecule has 1 N–H and O–H groups in total. The topological polar surface area (TPSA) is 81.9 Å². The highest BCUT2D eigenvalue weighted by Crippen LogP contribution is 2.20. The summed E-state index contributed by atoms with van der Waals surface area (Å²) in [5.41, 5.74) is 4.67. The van der Waals surface area contributed by atoms with Gasteiger partial charge >= 0.3 is 0 Å². The second-order valence-electron chi connectivity index (χ2n) is 6.57. The van der Waals surface area contributed by atoms with Crippen molar-refractivity contribution < 1.29 is 9.53 Å². The lowest BCUT2D eigenvalue weighted by molar-refractivity contribution is 0.0950. The maximum atomic E-state index is 12.7. The standard InChI is InChI=1S/C22H21N5O2/c1-3-29-20-9-5-4-7-17(20)14-24-22(28)16-10-11-19(15(2)13-16)27-21-18(25-26-27)8-6-12-23-21/h4-13H,3,14H2,1-2H3,(H,24,28). The molecule has 2 aromatic heterocycles. The Labute approximate surface area is 168 Å². The summed E-state index contributed by atoms with van der Waals surface area (Å²) in [5, 5.41) is 11.3. The Kier molecular flexibility index (Phi) is 5.20. The molecule has 0 unspecified atom stereocenters. The van der Waals surface area contributed by atoms with Gasteiger partial charge in [-0.3, -0.25) is 4.79 Å². The van der Waals surface area contributed by atoms with Crippen molar-refractivity contribution in [2.24, 2.45) is 0 Å². The molecule has 4 aromatic rings. The molecule has 0 atom stereocenters. The molecule has 0 aliphatic rings. The molecule has 7 heteroatoms. The highest BCUT2D eigenvalue weighted by molar-refractivity contribution is 5.94. The molecular formula is C22H21N5O2. The van der Waals surface area contributed by atoms with E-state index >= 15 is 0 Å². The van der Waals surface area contributed by atoms with Crippen LogP contribution in [-0.4, -0.2) is 32.5 Å². The van der Waals surface area contributed by atoms with Gasteiger partial charge in [-0.1, -0.05) is 23.4 Å². The van der Waals surface area contributed by atoms with E-state index in [9.17, 15) is 4.79 Å². The zero-order valence-electron chi connectivity index (χ0n) is 16.3. The number of rotatable bonds is 6. The van der Waals surface area contributed by atoms with Crippen LogP contribution in [0.3, 0.4) is 0 Å². The van der Waals surface area contributed by atoms with Crippen LogP contribution in [0.4, 0.5) is 0 Å². The summed E-state index contributed by atoms with van der Waals surface area (Å²) in [6, 6.07) is 16.9. The van der Waals surface area contributed by atoms with E-state index in [1.54, 1.807) is 16.9 Å². The number of para-hydroxylation sites is 1. The quantitative estimate of drug-likeness (QED) is 0.548. The van der Waals surface area contributed by atoms with Gasteiger partial charge in [0.1, 0.15) is 11.3 Å². The molecule has 0 spiro atoms. The highest BCUT2D eigenvalue weighted by atomic mass is 16.5. The third kappa shape index (κ3) is 3.80. The first kappa shape index (κ1) is 18.6. The molecule has 0 fully saturated rings. The predicted octanol–water partition coefficient (Wildman–Crippen LogP) is 3.45. The van der Waals surface area contributed by atoms with Gasteiger partial charge in [-0.05, 0) is 55.8 Å². The molecule has 0 saturated heterocycles. The van der Waals surface area contributed by atoms with E-state index in [2.05, 4.69) is 20.6 Å². The van der Waals surface area contributed by atoms with Gasteiger partial charge < -0.3 is 10.1 Å². The molecule has 2 heterocycles. The number of ether oxygens (including phenoxy) is 1. The first-order valence-electron chi connectivity index (χ1n) is 9.43. The summed E-state index contributed by atoms with van der Waals surface area (Å²) < 4.78 is 7.30. The number of nitrogens with zero attached hydrogens (tertiary/aromatic N) is 4. The molecule has 2 aromatic carbocycles. The Bertz CT molecular complexity index is 1170. The largest absolute Gasteiger partial charge is 0.494 e. The molecule has 1 amide bonds. The molecule has 146 valence electrons. The van der Waals surface area contributed by atoms with Crippen molar-refractivity contribution in [3.8, 4) is 11.4 Å². The van der Waals surface area contributed by atoms with Crippen molar-refractivity contribution in [3.05, 3.63) is 77.5 Å². The molecule has 0 saturated carbocycles. The number of fused-ring (bicyclic) bond motifs is 1. The molecular weight excluding hydrogens is 366 g/mol. The van der Waals surface area contributed by atoms with Crippen molar-refractivity contribution in [2.75, 3.05) is 6.61 Å². The van der Waals surface area contributed by atoms with Crippen molar-refractivity contribution in [1.29, 1.82) is 0 Å². The van der Waals surface area contributed by atoms with Crippen LogP contribution in [0.2, 0.25) is 0 Å². The number of amides is 1. The molecule has 4 rings (SSSR count). The summed E-state index contributed by atoms with van der Waals surface area (Å²) in [4.78, 5) is 17.0. The Morgan fingerprint density at radius 3 is 2.83 bits per heavy atom. The minimum atomic E-state index is -0.146. The molecule has 0 aliphatic heterocycles. The Hall–Kier alpha value is -3.74. The number of carbonyl (C=O) groups is 1. The molecule has 0 radical (unpaired) electrons. The van der Waals surface area contributed by atoms with Crippen LogP contribution in [0.1, 0.15) is 28.4 Å². The van der Waals surface area contributed by atoms with Crippen LogP contribution in [0.15, 0.2) is 60.8 Å². The van der Waals surface area contributed by atoms with Crippen LogP contribution in [0.5, 0.6) is 5.75 Å². The smallest absolute Gasteiger partial charge is 0.251 e. The van der Waals surface area contributed by atoms with Crippen LogP contribution in [0.25, 0.3) is 16.9 Å². The zero-order valence-corrected chi connectivity index (χ0v) is 16.3. The Morgan fingerprint density at radius 2 is 2.00 bits per heavy atom. The fraction of sp³-hybridized carbons (Fsp3) is 0.182. The number of pyridine rings is 1. The first-order valence-corrected chi connectivity index (χ1v) is 9.43. The van der Waals surface area contributed by atoms with Crippen LogP contribution in [0, 0.1) is 6.92 Å². The van der Waals surface area contributed by atoms with Crippen LogP contribution in [-0.2, 0) is 6.54 Å². The van der Waals surface area contributed by atoms with E-state index < -0.39 is 0 Å². The first-order chi connectivity index (χ1) is 14.2. The van der Waals surface area contributed by atoms with Crippen molar-refractivity contribution in [3.63, 3.8) is 0 Å². The van der Waals surface area contributed by atoms with Gasteiger partial charge in [-0.15, -0.1) is 5.10 Å². The average molecular weight is 387 g/mol. The fourth-order valence-corrected chi connectivity index (χ4v) is 3.19. The number of nitrogens with one attached hydrogen (secondary N) is 1. The maximum absolute atomic E-state index is 12.7. The molecule has 0 bridgehead atoms. The second kappa shape index (κ2) is 8.10. The summed E-state index contributed by atoms with van der Waals surface area (Å²) in [7, 11) is 0. The van der Waals surface area contributed by atoms with Crippen LogP contribution < -0.4 is 10.1 Å². The minimum absolute atomic E-state index is 0.146. The van der Waals surface area contributed by atoms with E-state index in [0.717, 1.165) is 28.1 Å². The highest BCUT2D eigenvalue weighted by Gasteiger charge is 2.13. The maximum Gasteiger partial charge on any atom is 0.251 e. The number of hydrogen-bond acceptors (Lipinski definition) is 5. The lowest BCUT2D eigenvalue weighted by Crippen LogP contribution is -2.23. The average Bonchev–Trinajstić information content (AvgIpc) is 3.17. The van der Waals surface area contributed by atoms with Crippen LogP contribution >= 0.6 is 0 Å². The minimum Gasteiger partial charge on any atom is -0.494 e. The molecule has 7 nitrogen and oxygen atoms in total. The fourth-order valence-electron chi connectivity index (χ4n) is 3.19. The summed E-state index contributed by atoms with van der Waals surface area (Å²) in [6.07, 6.45) is 1.71. The number of carbonyl (C=O) groups excluding carboxylic acids is 1. The SMILES string of the molecule is CCOc1ccccc1CNC(=O)c1ccc(-n2nnc3cccnc32)c(C)c1. The molecule has 0 aliphatic carbocycles. The number of aromatic nitrogens is 4. The van der Waals surface area contributed by atoms with E-state index in [0.29, 0.717) is 24.4 Å². The van der Waals surface area contributed by atoms with Gasteiger partial charge in [0.15, 0.2) is 5.65 Å². The van der Waals surface area contributed by atoms with Gasteiger partial charge in [0.25, 0.3) is 5.91 Å². The van der Waals surface area contributed by atoms with Gasteiger partial charge in [-0.25, -0.2) is 4.98 Å². The van der Waals surface area contributed by atoms with Crippen molar-refractivity contribution >= 4 is 17.1 Å². The van der Waals surface area contributed by atoms with E-state index in [1.165, 1.54) is 0 Å². The van der Waals surface area contributed by atoms with E-state index in [-0.39, 0.29) is 5.91 Å². The number of hydrogen-bond donors (Lipinski definition) is 1. The second-order valence-corrected chi connectivity index (χ2v) is 6.57. The normalized spacial score (nSPS) is 10.8. The van der Waals surface area contributed by atoms with Gasteiger partial charge in [0, 0.05) is 23.9 Å². The van der Waals surface area contributed by atoms with Crippen molar-refractivity contribution in [2.45, 2.75) is 20.4 Å². The molecule has 29 heavy (non-hydrogen) atoms. The van der Waals surface area contributed by atoms with Gasteiger partial charge in [-0.2, -0.15) is 4.68 Å². The lowest BCUT2D eigenvalue weighted by Gasteiger charge is -2.12. The van der Waals surface area contributed by atoms with Crippen molar-refractivity contribution in [1.82, 2.24) is 25.3 Å². The Morgan fingerprint density at radius 1 is 1.14 bits per heavy atom. The monoisotopic (exact) mass is 387 g/mol. The number of benzene rings is 2. The summed E-state index contributed by atoms with van der Waals surface area (Å²) in [5.74, 6) is 0.639. The summed E-state index contributed by atoms with van der Waals surface area (Å²) in [6.45, 7) is 4.85. The third-order valence-electron chi connectivity index (χ3n) is 4.61. The summed E-state index contributed by atoms with van der Waals surface area (Å²) >= 11 is 0.